The lowest BCUT2D eigenvalue weighted by atomic mass is 10.1. The van der Waals surface area contributed by atoms with Gasteiger partial charge in [-0.3, -0.25) is 9.69 Å². The van der Waals surface area contributed by atoms with E-state index in [0.717, 1.165) is 54.1 Å². The molecule has 5 aromatic rings. The Labute approximate surface area is 316 Å². The van der Waals surface area contributed by atoms with E-state index in [1.807, 2.05) is 67.3 Å². The number of ether oxygens (including phenoxy) is 3. The highest BCUT2D eigenvalue weighted by Gasteiger charge is 2.20. The normalized spacial score (nSPS) is 13.1. The molecule has 10 heteroatoms. The fraction of sp³-hybridized carbons (Fsp3) is 0.238. The maximum absolute atomic E-state index is 13.1. The molecule has 0 spiro atoms. The molecule has 6 rings (SSSR count). The molecule has 1 aromatic heterocycles. The summed E-state index contributed by atoms with van der Waals surface area (Å²) in [7, 11) is 0. The van der Waals surface area contributed by atoms with Gasteiger partial charge >= 0.3 is 0 Å². The fourth-order valence-electron chi connectivity index (χ4n) is 5.92. The van der Waals surface area contributed by atoms with Crippen LogP contribution >= 0.6 is 24.0 Å². The summed E-state index contributed by atoms with van der Waals surface area (Å²) in [5, 5.41) is 0.664. The quantitative estimate of drug-likeness (QED) is 0.112. The molecule has 7 nitrogen and oxygen atoms in total. The summed E-state index contributed by atoms with van der Waals surface area (Å²) in [6.45, 7) is 8.70. The number of piperazine rings is 1. The highest BCUT2D eigenvalue weighted by atomic mass is 35.5. The van der Waals surface area contributed by atoms with Crippen molar-refractivity contribution in [3.8, 4) is 23.1 Å². The van der Waals surface area contributed by atoms with Crippen LogP contribution in [0.3, 0.4) is 0 Å². The van der Waals surface area contributed by atoms with Gasteiger partial charge in [0.1, 0.15) is 29.7 Å². The summed E-state index contributed by atoms with van der Waals surface area (Å²) in [6, 6.07) is 29.8. The molecule has 4 aromatic carbocycles. The summed E-state index contributed by atoms with van der Waals surface area (Å²) < 4.78 is 30.8. The fourth-order valence-corrected chi connectivity index (χ4v) is 6.11. The topological polar surface area (TPSA) is 64.1 Å². The number of aryl methyl sites for hydroxylation is 2. The maximum atomic E-state index is 13.1. The molecule has 0 unspecified atom stereocenters. The van der Waals surface area contributed by atoms with E-state index in [1.54, 1.807) is 30.5 Å². The summed E-state index contributed by atoms with van der Waals surface area (Å²) in [6.07, 6.45) is 5.94. The lowest BCUT2D eigenvalue weighted by Crippen LogP contribution is -2.47. The van der Waals surface area contributed by atoms with E-state index in [9.17, 15) is 9.18 Å². The average molecular weight is 743 g/mol. The van der Waals surface area contributed by atoms with E-state index in [-0.39, 0.29) is 24.1 Å². The van der Waals surface area contributed by atoms with Crippen molar-refractivity contribution in [1.29, 1.82) is 0 Å². The van der Waals surface area contributed by atoms with Crippen molar-refractivity contribution in [2.24, 2.45) is 0 Å². The van der Waals surface area contributed by atoms with Crippen molar-refractivity contribution < 1.29 is 23.4 Å². The number of carbonyl (C=O) groups is 1. The van der Waals surface area contributed by atoms with Crippen LogP contribution in [0.1, 0.15) is 33.4 Å². The zero-order chi connectivity index (χ0) is 35.6. The van der Waals surface area contributed by atoms with Crippen molar-refractivity contribution in [2.75, 3.05) is 32.8 Å². The molecule has 52 heavy (non-hydrogen) atoms. The first-order chi connectivity index (χ1) is 24.8. The van der Waals surface area contributed by atoms with Crippen LogP contribution in [0.25, 0.3) is 6.08 Å². The monoisotopic (exact) mass is 741 g/mol. The van der Waals surface area contributed by atoms with Crippen LogP contribution in [0.15, 0.2) is 109 Å². The Morgan fingerprint density at radius 2 is 1.52 bits per heavy atom. The first-order valence-corrected chi connectivity index (χ1v) is 17.4. The minimum Gasteiger partial charge on any atom is -0.493 e. The number of hydrogen-bond acceptors (Lipinski definition) is 6. The predicted molar refractivity (Wildman–Crippen MR) is 206 cm³/mol. The summed E-state index contributed by atoms with van der Waals surface area (Å²) >= 11 is 6.22. The van der Waals surface area contributed by atoms with Gasteiger partial charge in [0.25, 0.3) is 0 Å². The maximum Gasteiger partial charge on any atom is 0.246 e. The molecule has 1 amide bonds. The van der Waals surface area contributed by atoms with Crippen LogP contribution in [0.4, 0.5) is 4.39 Å². The van der Waals surface area contributed by atoms with Crippen molar-refractivity contribution >= 4 is 36.0 Å². The molecule has 1 aliphatic rings. The van der Waals surface area contributed by atoms with Gasteiger partial charge in [0.15, 0.2) is 0 Å². The second kappa shape index (κ2) is 18.6. The zero-order valence-electron chi connectivity index (χ0n) is 29.3. The average Bonchev–Trinajstić information content (AvgIpc) is 3.14. The SMILES string of the molecule is Cc1cc(/C=C/C(=O)N2CCN(Cc3ccc(CCOc4ccc(F)cc4)cc3)CC2)cc(C)c1Oc1ccc(OCc2ccccc2Cl)cn1.Cl. The third kappa shape index (κ3) is 10.8. The van der Waals surface area contributed by atoms with E-state index in [2.05, 4.69) is 34.1 Å². The molecule has 1 saturated heterocycles. The Balaban J connectivity index is 0.00000523. The lowest BCUT2D eigenvalue weighted by molar-refractivity contribution is -0.127. The van der Waals surface area contributed by atoms with Crippen LogP contribution in [0.5, 0.6) is 23.1 Å². The van der Waals surface area contributed by atoms with Gasteiger partial charge in [-0.2, -0.15) is 0 Å². The van der Waals surface area contributed by atoms with Crippen molar-refractivity contribution in [1.82, 2.24) is 14.8 Å². The van der Waals surface area contributed by atoms with Crippen LogP contribution in [0.2, 0.25) is 5.02 Å². The molecular formula is C42H42Cl2FN3O4. The molecule has 0 saturated carbocycles. The summed E-state index contributed by atoms with van der Waals surface area (Å²) in [5.74, 6) is 2.23. The number of aromatic nitrogens is 1. The van der Waals surface area contributed by atoms with Gasteiger partial charge < -0.3 is 19.1 Å². The molecule has 1 aliphatic heterocycles. The Morgan fingerprint density at radius 1 is 0.846 bits per heavy atom. The lowest BCUT2D eigenvalue weighted by Gasteiger charge is -2.34. The van der Waals surface area contributed by atoms with Gasteiger partial charge in [0.05, 0.1) is 12.8 Å². The van der Waals surface area contributed by atoms with Crippen LogP contribution < -0.4 is 14.2 Å². The molecular weight excluding hydrogens is 700 g/mol. The third-order valence-electron chi connectivity index (χ3n) is 8.76. The standard InChI is InChI=1S/C42H41ClFN3O4.ClH/c1-30-25-34(26-31(2)42(30)51-40-17-16-38(27-45-40)50-29-35-5-3-4-6-39(35)43)11-18-41(48)47-22-20-46(21-23-47)28-33-9-7-32(8-10-33)19-24-49-37-14-12-36(44)13-15-37;/h3-18,25-27H,19-24,28-29H2,1-2H3;1H/b18-11+;. The Hall–Kier alpha value is -4.89. The van der Waals surface area contributed by atoms with Gasteiger partial charge in [-0.25, -0.2) is 9.37 Å². The molecule has 0 N–H and O–H groups in total. The zero-order valence-corrected chi connectivity index (χ0v) is 30.8. The second-order valence-corrected chi connectivity index (χ2v) is 13.0. The smallest absolute Gasteiger partial charge is 0.246 e. The number of rotatable bonds is 13. The number of hydrogen-bond donors (Lipinski definition) is 0. The summed E-state index contributed by atoms with van der Waals surface area (Å²) in [4.78, 5) is 21.8. The minimum atomic E-state index is -0.270. The van der Waals surface area contributed by atoms with Crippen molar-refractivity contribution in [3.05, 3.63) is 154 Å². The Morgan fingerprint density at radius 3 is 2.19 bits per heavy atom. The molecule has 2 heterocycles. The highest BCUT2D eigenvalue weighted by Crippen LogP contribution is 2.30. The van der Waals surface area contributed by atoms with E-state index in [4.69, 9.17) is 25.8 Å². The Bertz CT molecular complexity index is 1920. The third-order valence-corrected chi connectivity index (χ3v) is 9.12. The first-order valence-electron chi connectivity index (χ1n) is 17.1. The van der Waals surface area contributed by atoms with Gasteiger partial charge in [0, 0.05) is 61.9 Å². The molecule has 0 bridgehead atoms. The van der Waals surface area contributed by atoms with Crippen LogP contribution in [-0.4, -0.2) is 53.5 Å². The van der Waals surface area contributed by atoms with Crippen LogP contribution in [-0.2, 0) is 24.4 Å². The van der Waals surface area contributed by atoms with Gasteiger partial charge in [-0.05, 0) is 96.3 Å². The number of benzene rings is 4. The van der Waals surface area contributed by atoms with Gasteiger partial charge in [-0.1, -0.05) is 54.1 Å². The molecule has 270 valence electrons. The number of pyridine rings is 1. The Kier molecular flexibility index (Phi) is 13.7. The van der Waals surface area contributed by atoms with E-state index in [1.165, 1.54) is 23.3 Å². The van der Waals surface area contributed by atoms with Crippen molar-refractivity contribution in [2.45, 2.75) is 33.4 Å². The molecule has 0 radical (unpaired) electrons. The van der Waals surface area contributed by atoms with Crippen LogP contribution in [0, 0.1) is 19.7 Å². The number of carbonyl (C=O) groups excluding carboxylic acids is 1. The van der Waals surface area contributed by atoms with E-state index >= 15 is 0 Å². The minimum absolute atomic E-state index is 0. The molecule has 0 aliphatic carbocycles. The first kappa shape index (κ1) is 38.3. The largest absolute Gasteiger partial charge is 0.493 e. The van der Waals surface area contributed by atoms with Gasteiger partial charge in [0.2, 0.25) is 11.8 Å². The highest BCUT2D eigenvalue weighted by molar-refractivity contribution is 6.31. The number of nitrogens with zero attached hydrogens (tertiary/aromatic N) is 3. The summed E-state index contributed by atoms with van der Waals surface area (Å²) in [5.41, 5.74) is 6.16. The number of halogens is 3. The van der Waals surface area contributed by atoms with Gasteiger partial charge in [-0.15, -0.1) is 12.4 Å². The molecule has 1 fully saturated rings. The molecule has 0 atom stereocenters. The van der Waals surface area contributed by atoms with E-state index in [0.29, 0.717) is 48.7 Å². The van der Waals surface area contributed by atoms with E-state index < -0.39 is 0 Å². The van der Waals surface area contributed by atoms with Crippen molar-refractivity contribution in [3.63, 3.8) is 0 Å². The second-order valence-electron chi connectivity index (χ2n) is 12.6. The number of amides is 1. The predicted octanol–water partition coefficient (Wildman–Crippen LogP) is 9.26.